The van der Waals surface area contributed by atoms with E-state index in [1.54, 1.807) is 12.1 Å². The molecule has 0 unspecified atom stereocenters. The average Bonchev–Trinajstić information content (AvgIpc) is 2.61. The van der Waals surface area contributed by atoms with Crippen molar-refractivity contribution >= 4 is 13.3 Å². The summed E-state index contributed by atoms with van der Waals surface area (Å²) in [6.07, 6.45) is 1.84. The van der Waals surface area contributed by atoms with Crippen LogP contribution in [0.15, 0.2) is 60.8 Å². The van der Waals surface area contributed by atoms with Crippen LogP contribution < -0.4 is 9.75 Å². The molecular formula is C23H28NSi+. The van der Waals surface area contributed by atoms with E-state index in [0.29, 0.717) is 5.56 Å². The smallest absolute Gasteiger partial charge is 0.201 e. The first-order chi connectivity index (χ1) is 13.0. The van der Waals surface area contributed by atoms with Crippen molar-refractivity contribution in [2.75, 3.05) is 0 Å². The number of nitrogens with zero attached hydrogens (tertiary/aromatic N) is 1. The second-order valence-electron chi connectivity index (χ2n) is 7.74. The number of pyridine rings is 1. The van der Waals surface area contributed by atoms with Crippen molar-refractivity contribution in [1.82, 2.24) is 0 Å². The van der Waals surface area contributed by atoms with Gasteiger partial charge in [0.25, 0.3) is 0 Å². The van der Waals surface area contributed by atoms with Crippen LogP contribution in [-0.2, 0) is 7.05 Å². The summed E-state index contributed by atoms with van der Waals surface area (Å²) >= 11 is 0. The maximum absolute atomic E-state index is 7.78. The number of hydrogen-bond donors (Lipinski definition) is 0. The molecule has 0 fully saturated rings. The molecule has 1 nitrogen and oxygen atoms in total. The van der Waals surface area contributed by atoms with E-state index >= 15 is 0 Å². The molecule has 0 aliphatic carbocycles. The van der Waals surface area contributed by atoms with Crippen LogP contribution in [0.5, 0.6) is 0 Å². The van der Waals surface area contributed by atoms with E-state index in [0.717, 1.165) is 11.3 Å². The summed E-state index contributed by atoms with van der Waals surface area (Å²) in [5.41, 5.74) is 6.00. The second kappa shape index (κ2) is 6.60. The van der Waals surface area contributed by atoms with Crippen molar-refractivity contribution in [1.29, 1.82) is 0 Å². The van der Waals surface area contributed by atoms with Gasteiger partial charge in [0.05, 0.1) is 8.07 Å². The summed E-state index contributed by atoms with van der Waals surface area (Å²) in [5.74, 6) is 0. The lowest BCUT2D eigenvalue weighted by molar-refractivity contribution is -0.660. The molecule has 2 heteroatoms. The summed E-state index contributed by atoms with van der Waals surface area (Å²) in [6.45, 7) is 7.10. The maximum atomic E-state index is 7.78. The van der Waals surface area contributed by atoms with Gasteiger partial charge in [-0.1, -0.05) is 61.2 Å². The topological polar surface area (TPSA) is 3.88 Å². The van der Waals surface area contributed by atoms with E-state index in [4.69, 9.17) is 4.11 Å². The number of benzene rings is 2. The molecule has 3 rings (SSSR count). The van der Waals surface area contributed by atoms with Crippen LogP contribution in [0, 0.1) is 13.8 Å². The first kappa shape index (κ1) is 14.0. The molecule has 0 saturated heterocycles. The minimum atomic E-state index is -2.11. The third kappa shape index (κ3) is 3.59. The molecule has 128 valence electrons. The van der Waals surface area contributed by atoms with Crippen LogP contribution in [-0.4, -0.2) is 8.07 Å². The third-order valence-electron chi connectivity index (χ3n) is 4.68. The van der Waals surface area contributed by atoms with Crippen LogP contribution in [0.3, 0.4) is 0 Å². The Balaban J connectivity index is 2.30. The van der Waals surface area contributed by atoms with Gasteiger partial charge in [-0.05, 0) is 42.1 Å². The summed E-state index contributed by atoms with van der Waals surface area (Å²) in [4.78, 5) is 0. The Morgan fingerprint density at radius 1 is 0.920 bits per heavy atom. The molecule has 0 aliphatic heterocycles. The summed E-state index contributed by atoms with van der Waals surface area (Å²) in [6, 6.07) is 18.5. The number of aromatic nitrogens is 1. The minimum absolute atomic E-state index is 0.371. The molecule has 0 amide bonds. The molecule has 0 bridgehead atoms. The van der Waals surface area contributed by atoms with Gasteiger partial charge in [0.1, 0.15) is 7.05 Å². The lowest BCUT2D eigenvalue weighted by Crippen LogP contribution is -2.39. The van der Waals surface area contributed by atoms with Crippen LogP contribution in [0.1, 0.15) is 15.2 Å². The van der Waals surface area contributed by atoms with Crippen LogP contribution >= 0.6 is 0 Å². The molecule has 2 aromatic carbocycles. The Kier molecular flexibility index (Phi) is 3.71. The normalized spacial score (nSPS) is 13.9. The summed E-state index contributed by atoms with van der Waals surface area (Å²) in [7, 11) is 0.398. The number of hydrogen-bond acceptors (Lipinski definition) is 0. The Morgan fingerprint density at radius 3 is 2.28 bits per heavy atom. The minimum Gasteiger partial charge on any atom is -0.201 e. The molecule has 0 N–H and O–H groups in total. The van der Waals surface area contributed by atoms with Gasteiger partial charge in [0.15, 0.2) is 6.20 Å². The van der Waals surface area contributed by atoms with Gasteiger partial charge in [0, 0.05) is 21.8 Å². The van der Waals surface area contributed by atoms with Gasteiger partial charge >= 0.3 is 0 Å². The molecule has 3 aromatic rings. The maximum Gasteiger partial charge on any atom is 0.212 e. The van der Waals surface area contributed by atoms with E-state index in [2.05, 4.69) is 63.0 Å². The zero-order chi connectivity index (χ0) is 20.7. The largest absolute Gasteiger partial charge is 0.212 e. The SMILES string of the molecule is [2H]C([2H])([2H])c1cc[n+](C)c(-c2cc(-c3ccccc3)c([Si](C)(C)C)cc2C)c1. The molecule has 0 radical (unpaired) electrons. The highest BCUT2D eigenvalue weighted by Gasteiger charge is 2.24. The van der Waals surface area contributed by atoms with Crippen LogP contribution in [0.4, 0.5) is 0 Å². The van der Waals surface area contributed by atoms with Crippen molar-refractivity contribution in [3.8, 4) is 22.4 Å². The predicted molar refractivity (Wildman–Crippen MR) is 111 cm³/mol. The van der Waals surface area contributed by atoms with Gasteiger partial charge in [0.2, 0.25) is 5.69 Å². The average molecular weight is 350 g/mol. The fraction of sp³-hybridized carbons (Fsp3) is 0.261. The fourth-order valence-electron chi connectivity index (χ4n) is 3.30. The van der Waals surface area contributed by atoms with E-state index in [1.165, 1.54) is 21.9 Å². The quantitative estimate of drug-likeness (QED) is 0.462. The van der Waals surface area contributed by atoms with E-state index in [9.17, 15) is 0 Å². The number of rotatable bonds is 3. The molecule has 0 aliphatic rings. The Morgan fingerprint density at radius 2 is 1.64 bits per heavy atom. The zero-order valence-corrected chi connectivity index (χ0v) is 16.7. The number of aryl methyl sites for hydroxylation is 3. The predicted octanol–water partition coefficient (Wildman–Crippen LogP) is 5.01. The van der Waals surface area contributed by atoms with Gasteiger partial charge in [-0.15, -0.1) is 0 Å². The van der Waals surface area contributed by atoms with Crippen LogP contribution in [0.25, 0.3) is 22.4 Å². The van der Waals surface area contributed by atoms with Crippen LogP contribution in [0.2, 0.25) is 19.6 Å². The molecule has 0 spiro atoms. The highest BCUT2D eigenvalue weighted by Crippen LogP contribution is 2.29. The first-order valence-electron chi connectivity index (χ1n) is 10.2. The van der Waals surface area contributed by atoms with Crippen molar-refractivity contribution in [3.05, 3.63) is 71.9 Å². The van der Waals surface area contributed by atoms with Crippen molar-refractivity contribution in [2.24, 2.45) is 7.05 Å². The van der Waals surface area contributed by atoms with E-state index in [-0.39, 0.29) is 0 Å². The Bertz CT molecular complexity index is 1000. The van der Waals surface area contributed by atoms with Gasteiger partial charge < -0.3 is 0 Å². The lowest BCUT2D eigenvalue weighted by atomic mass is 9.97. The highest BCUT2D eigenvalue weighted by molar-refractivity contribution is 6.89. The first-order valence-corrected chi connectivity index (χ1v) is 12.2. The Hall–Kier alpha value is -2.19. The summed E-state index contributed by atoms with van der Waals surface area (Å²) in [5, 5.41) is 1.43. The molecular weight excluding hydrogens is 318 g/mol. The fourth-order valence-corrected chi connectivity index (χ4v) is 4.97. The van der Waals surface area contributed by atoms with E-state index in [1.807, 2.05) is 23.9 Å². The van der Waals surface area contributed by atoms with Gasteiger partial charge in [-0.25, -0.2) is 4.57 Å². The van der Waals surface area contributed by atoms with Crippen molar-refractivity contribution in [3.63, 3.8) is 0 Å². The lowest BCUT2D eigenvalue weighted by Gasteiger charge is -2.23. The monoisotopic (exact) mass is 349 g/mol. The van der Waals surface area contributed by atoms with Crippen molar-refractivity contribution in [2.45, 2.75) is 33.4 Å². The molecule has 25 heavy (non-hydrogen) atoms. The van der Waals surface area contributed by atoms with Crippen molar-refractivity contribution < 1.29 is 8.68 Å². The van der Waals surface area contributed by atoms with Gasteiger partial charge in [-0.2, -0.15) is 0 Å². The second-order valence-corrected chi connectivity index (χ2v) is 12.8. The summed E-state index contributed by atoms with van der Waals surface area (Å²) < 4.78 is 25.3. The van der Waals surface area contributed by atoms with Gasteiger partial charge in [-0.3, -0.25) is 0 Å². The standard InChI is InChI=1S/C23H28NSi/c1-17-12-13-24(3)22(14-17)20-16-21(19-10-8-7-9-11-19)23(15-18(20)2)25(4,5)6/h7-16H,1-6H3/q+1/i1D3. The zero-order valence-electron chi connectivity index (χ0n) is 18.7. The highest BCUT2D eigenvalue weighted by atomic mass is 28.3. The molecule has 1 heterocycles. The Labute approximate surface area is 157 Å². The third-order valence-corrected chi connectivity index (χ3v) is 6.71. The molecule has 0 atom stereocenters. The molecule has 1 aromatic heterocycles. The molecule has 0 saturated carbocycles. The van der Waals surface area contributed by atoms with E-state index < -0.39 is 14.9 Å².